The predicted octanol–water partition coefficient (Wildman–Crippen LogP) is 4.50. The van der Waals surface area contributed by atoms with Gasteiger partial charge in [-0.1, -0.05) is 19.9 Å². The molecule has 0 unspecified atom stereocenters. The van der Waals surface area contributed by atoms with Crippen molar-refractivity contribution in [3.8, 4) is 0 Å². The summed E-state index contributed by atoms with van der Waals surface area (Å²) >= 11 is 0. The average Bonchev–Trinajstić information content (AvgIpc) is 3.39. The highest BCUT2D eigenvalue weighted by Crippen LogP contribution is 2.41. The highest BCUT2D eigenvalue weighted by Gasteiger charge is 2.47. The Morgan fingerprint density at radius 1 is 1.16 bits per heavy atom. The van der Waals surface area contributed by atoms with E-state index in [1.165, 1.54) is 9.21 Å². The molecule has 38 heavy (non-hydrogen) atoms. The molecule has 1 aromatic rings. The molecular formula is C26H38F3N3O5S. The number of carbonyl (C=O) groups excluding carboxylic acids is 2. The maximum absolute atomic E-state index is 13.2. The Hall–Kier alpha value is -2.34. The van der Waals surface area contributed by atoms with Gasteiger partial charge in [-0.2, -0.15) is 17.5 Å². The number of rotatable bonds is 7. The Balaban J connectivity index is 1.71. The Labute approximate surface area is 222 Å². The van der Waals surface area contributed by atoms with Gasteiger partial charge in [0.2, 0.25) is 10.0 Å². The number of alkyl halides is 3. The largest absolute Gasteiger partial charge is 0.436 e. The first kappa shape index (κ1) is 30.2. The molecule has 1 aromatic carbocycles. The summed E-state index contributed by atoms with van der Waals surface area (Å²) in [6.45, 7) is 9.66. The van der Waals surface area contributed by atoms with Gasteiger partial charge in [-0.15, -0.1) is 0 Å². The third-order valence-corrected chi connectivity index (χ3v) is 9.28. The minimum absolute atomic E-state index is 0.0287. The monoisotopic (exact) mass is 561 g/mol. The minimum atomic E-state index is -4.65. The molecule has 12 heteroatoms. The summed E-state index contributed by atoms with van der Waals surface area (Å²) in [5, 5.41) is 2.97. The number of carbonyl (C=O) groups is 2. The van der Waals surface area contributed by atoms with Gasteiger partial charge in [0.1, 0.15) is 0 Å². The molecule has 0 spiro atoms. The molecule has 1 aliphatic heterocycles. The molecule has 1 aliphatic carbocycles. The zero-order chi connectivity index (χ0) is 28.6. The molecule has 1 saturated heterocycles. The van der Waals surface area contributed by atoms with Gasteiger partial charge in [-0.25, -0.2) is 13.2 Å². The molecule has 2 amide bonds. The highest BCUT2D eigenvalue weighted by molar-refractivity contribution is 7.89. The van der Waals surface area contributed by atoms with E-state index in [2.05, 4.69) is 5.32 Å². The van der Waals surface area contributed by atoms with Gasteiger partial charge >= 0.3 is 12.3 Å². The number of hydrogen-bond donors (Lipinski definition) is 1. The number of sulfonamides is 1. The van der Waals surface area contributed by atoms with Gasteiger partial charge in [0.25, 0.3) is 5.91 Å². The van der Waals surface area contributed by atoms with Gasteiger partial charge in [-0.05, 0) is 76.0 Å². The van der Waals surface area contributed by atoms with Crippen LogP contribution >= 0.6 is 0 Å². The van der Waals surface area contributed by atoms with Gasteiger partial charge in [0.15, 0.2) is 6.10 Å². The van der Waals surface area contributed by atoms with Gasteiger partial charge < -0.3 is 15.0 Å². The molecule has 0 bridgehead atoms. The van der Waals surface area contributed by atoms with E-state index in [1.807, 2.05) is 34.6 Å². The Bertz CT molecular complexity index is 1130. The third-order valence-electron chi connectivity index (χ3n) is 7.45. The van der Waals surface area contributed by atoms with Crippen LogP contribution in [0.5, 0.6) is 0 Å². The van der Waals surface area contributed by atoms with E-state index in [-0.39, 0.29) is 36.9 Å². The predicted molar refractivity (Wildman–Crippen MR) is 136 cm³/mol. The molecule has 8 nitrogen and oxygen atoms in total. The van der Waals surface area contributed by atoms with Crippen molar-refractivity contribution in [2.75, 3.05) is 20.1 Å². The van der Waals surface area contributed by atoms with Crippen LogP contribution in [0.15, 0.2) is 29.2 Å². The van der Waals surface area contributed by atoms with Gasteiger partial charge in [0.05, 0.1) is 10.5 Å². The first-order valence-electron chi connectivity index (χ1n) is 12.8. The lowest BCUT2D eigenvalue weighted by Gasteiger charge is -2.33. The number of nitrogens with zero attached hydrogens (tertiary/aromatic N) is 2. The van der Waals surface area contributed by atoms with Crippen molar-refractivity contribution >= 4 is 22.0 Å². The van der Waals surface area contributed by atoms with Crippen LogP contribution in [0.25, 0.3) is 0 Å². The maximum Gasteiger partial charge on any atom is 0.416 e. The fourth-order valence-electron chi connectivity index (χ4n) is 4.97. The fraction of sp³-hybridized carbons (Fsp3) is 0.692. The summed E-state index contributed by atoms with van der Waals surface area (Å²) < 4.78 is 72.6. The van der Waals surface area contributed by atoms with E-state index < -0.39 is 50.3 Å². The van der Waals surface area contributed by atoms with Crippen LogP contribution in [-0.4, -0.2) is 67.4 Å². The molecule has 1 saturated carbocycles. The van der Waals surface area contributed by atoms with Crippen LogP contribution in [0, 0.1) is 17.8 Å². The molecule has 1 N–H and O–H groups in total. The number of halogens is 3. The second-order valence-electron chi connectivity index (χ2n) is 11.7. The van der Waals surface area contributed by atoms with E-state index >= 15 is 0 Å². The van der Waals surface area contributed by atoms with E-state index in [4.69, 9.17) is 4.74 Å². The second kappa shape index (κ2) is 11.0. The second-order valence-corrected chi connectivity index (χ2v) is 13.6. The summed E-state index contributed by atoms with van der Waals surface area (Å²) in [6.07, 6.45) is -4.62. The molecule has 2 aliphatic rings. The number of amides is 2. The van der Waals surface area contributed by atoms with Crippen LogP contribution < -0.4 is 5.32 Å². The zero-order valence-corrected chi connectivity index (χ0v) is 23.5. The summed E-state index contributed by atoms with van der Waals surface area (Å²) in [6, 6.07) is 3.41. The van der Waals surface area contributed by atoms with Crippen molar-refractivity contribution in [2.24, 2.45) is 17.8 Å². The molecule has 0 radical (unpaired) electrons. The molecule has 4 atom stereocenters. The van der Waals surface area contributed by atoms with Crippen molar-refractivity contribution in [3.63, 3.8) is 0 Å². The Morgan fingerprint density at radius 2 is 1.82 bits per heavy atom. The van der Waals surface area contributed by atoms with Crippen LogP contribution in [0.4, 0.5) is 18.0 Å². The number of hydrogen-bond acceptors (Lipinski definition) is 5. The van der Waals surface area contributed by atoms with Crippen LogP contribution in [0.1, 0.15) is 59.4 Å². The Morgan fingerprint density at radius 3 is 2.39 bits per heavy atom. The maximum atomic E-state index is 13.2. The summed E-state index contributed by atoms with van der Waals surface area (Å²) in [5.74, 6) is -0.570. The zero-order valence-electron chi connectivity index (χ0n) is 22.7. The minimum Gasteiger partial charge on any atom is -0.436 e. The van der Waals surface area contributed by atoms with Gasteiger partial charge in [0, 0.05) is 31.7 Å². The van der Waals surface area contributed by atoms with Crippen molar-refractivity contribution in [1.29, 1.82) is 0 Å². The van der Waals surface area contributed by atoms with Gasteiger partial charge in [-0.3, -0.25) is 4.79 Å². The normalized spacial score (nSPS) is 23.3. The first-order chi connectivity index (χ1) is 17.4. The smallest absolute Gasteiger partial charge is 0.416 e. The summed E-state index contributed by atoms with van der Waals surface area (Å²) in [7, 11) is -2.54. The molecule has 0 aromatic heterocycles. The number of benzene rings is 1. The molecule has 3 rings (SSSR count). The third kappa shape index (κ3) is 6.80. The number of nitrogens with one attached hydrogen (secondary N) is 1. The van der Waals surface area contributed by atoms with Crippen molar-refractivity contribution in [2.45, 2.75) is 82.6 Å². The molecule has 2 fully saturated rings. The van der Waals surface area contributed by atoms with Crippen LogP contribution in [0.2, 0.25) is 0 Å². The van der Waals surface area contributed by atoms with E-state index in [9.17, 15) is 31.2 Å². The number of fused-ring (bicyclic) bond motifs is 1. The lowest BCUT2D eigenvalue weighted by molar-refractivity contribution is -0.137. The summed E-state index contributed by atoms with van der Waals surface area (Å²) in [5.41, 5.74) is -1.52. The standard InChI is InChI=1S/C26H38F3N3O5S/c1-16(2)12-22(37-24(34)31(6)25(3,4)5)23(33)30-21-11-10-17-14-32(15-20(17)21)38(35,36)19-9-7-8-18(13-19)26(27,28)29/h7-9,13,16-17,20-22H,10-12,14-15H2,1-6H3,(H,30,33)/t17-,20+,21+,22-/m0/s1. The van der Waals surface area contributed by atoms with E-state index in [1.54, 1.807) is 7.05 Å². The Kier molecular flexibility index (Phi) is 8.77. The summed E-state index contributed by atoms with van der Waals surface area (Å²) in [4.78, 5) is 26.9. The molecule has 214 valence electrons. The quantitative estimate of drug-likeness (QED) is 0.529. The lowest BCUT2D eigenvalue weighted by Crippen LogP contribution is -2.49. The molecular weight excluding hydrogens is 523 g/mol. The first-order valence-corrected chi connectivity index (χ1v) is 14.3. The average molecular weight is 562 g/mol. The topological polar surface area (TPSA) is 96.0 Å². The molecule has 1 heterocycles. The van der Waals surface area contributed by atoms with Crippen molar-refractivity contribution < 1.29 is 35.9 Å². The van der Waals surface area contributed by atoms with E-state index in [0.717, 1.165) is 18.2 Å². The van der Waals surface area contributed by atoms with E-state index in [0.29, 0.717) is 25.3 Å². The van der Waals surface area contributed by atoms with Crippen molar-refractivity contribution in [1.82, 2.24) is 14.5 Å². The van der Waals surface area contributed by atoms with Crippen molar-refractivity contribution in [3.05, 3.63) is 29.8 Å². The SMILES string of the molecule is CC(C)C[C@H](OC(=O)N(C)C(C)(C)C)C(=O)N[C@@H]1CC[C@H]2CN(S(=O)(=O)c3cccc(C(F)(F)F)c3)C[C@H]21. The fourth-order valence-corrected chi connectivity index (χ4v) is 6.55. The van der Waals surface area contributed by atoms with Crippen LogP contribution in [0.3, 0.4) is 0 Å². The van der Waals surface area contributed by atoms with Crippen LogP contribution in [-0.2, 0) is 25.7 Å². The number of ether oxygens (including phenoxy) is 1. The highest BCUT2D eigenvalue weighted by atomic mass is 32.2. The lowest BCUT2D eigenvalue weighted by atomic mass is 9.97.